The number of amides is 1. The number of hydrogen-bond acceptors (Lipinski definition) is 2. The summed E-state index contributed by atoms with van der Waals surface area (Å²) in [5, 5.41) is 3.21. The number of nitrogens with zero attached hydrogens (tertiary/aromatic N) is 2. The van der Waals surface area contributed by atoms with Crippen molar-refractivity contribution in [1.29, 1.82) is 0 Å². The van der Waals surface area contributed by atoms with Crippen LogP contribution in [0.4, 0.5) is 5.69 Å². The van der Waals surface area contributed by atoms with Gasteiger partial charge in [0.05, 0.1) is 19.6 Å². The van der Waals surface area contributed by atoms with Crippen LogP contribution in [-0.4, -0.2) is 60.6 Å². The molecule has 0 spiro atoms. The predicted octanol–water partition coefficient (Wildman–Crippen LogP) is 2.83. The Morgan fingerprint density at radius 2 is 1.56 bits per heavy atom. The Kier molecular flexibility index (Phi) is 4.32. The molecule has 2 aromatic carbocycles. The highest BCUT2D eigenvalue weighted by Crippen LogP contribution is 2.29. The second kappa shape index (κ2) is 6.62. The van der Waals surface area contributed by atoms with Crippen LogP contribution in [-0.2, 0) is 4.79 Å². The highest BCUT2D eigenvalue weighted by atomic mass is 16.2. The van der Waals surface area contributed by atoms with Crippen LogP contribution in [0, 0.1) is 0 Å². The lowest BCUT2D eigenvalue weighted by Gasteiger charge is -2.52. The maximum atomic E-state index is 13.0. The molecule has 3 aliphatic heterocycles. The summed E-state index contributed by atoms with van der Waals surface area (Å²) in [5.41, 5.74) is 3.11. The number of rotatable bonds is 4. The lowest BCUT2D eigenvalue weighted by Crippen LogP contribution is -2.72. The molecule has 3 saturated heterocycles. The zero-order valence-corrected chi connectivity index (χ0v) is 14.8. The van der Waals surface area contributed by atoms with Gasteiger partial charge in [0.25, 0.3) is 5.91 Å². The molecule has 2 aromatic rings. The molecule has 5 rings (SSSR count). The Bertz CT molecular complexity index is 737. The molecule has 1 amide bonds. The minimum absolute atomic E-state index is 0.00807. The summed E-state index contributed by atoms with van der Waals surface area (Å²) >= 11 is 0. The zero-order valence-electron chi connectivity index (χ0n) is 14.8. The van der Waals surface area contributed by atoms with Gasteiger partial charge in [-0.25, -0.2) is 0 Å². The average Bonchev–Trinajstić information content (AvgIpc) is 2.70. The molecule has 0 aromatic heterocycles. The van der Waals surface area contributed by atoms with Crippen molar-refractivity contribution in [3.8, 4) is 11.1 Å². The first-order valence-electron chi connectivity index (χ1n) is 9.21. The molecule has 4 heteroatoms. The summed E-state index contributed by atoms with van der Waals surface area (Å²) < 4.78 is 0.940. The van der Waals surface area contributed by atoms with E-state index in [1.54, 1.807) is 0 Å². The van der Waals surface area contributed by atoms with Gasteiger partial charge in [-0.3, -0.25) is 9.69 Å². The SMILES string of the molecule is C[C@@H](C(=O)Nc1ccccc1-c1ccccc1)[N+]12CCN(CC1)CC2. The van der Waals surface area contributed by atoms with E-state index in [9.17, 15) is 4.79 Å². The number of carbonyl (C=O) groups excluding carboxylic acids is 1. The fraction of sp³-hybridized carbons (Fsp3) is 0.381. The van der Waals surface area contributed by atoms with E-state index in [4.69, 9.17) is 0 Å². The lowest BCUT2D eigenvalue weighted by molar-refractivity contribution is -0.953. The van der Waals surface area contributed by atoms with E-state index >= 15 is 0 Å². The van der Waals surface area contributed by atoms with Crippen LogP contribution in [0.3, 0.4) is 0 Å². The molecule has 130 valence electrons. The van der Waals surface area contributed by atoms with Gasteiger partial charge in [-0.15, -0.1) is 0 Å². The Morgan fingerprint density at radius 1 is 0.960 bits per heavy atom. The molecule has 0 unspecified atom stereocenters. The number of hydrogen-bond donors (Lipinski definition) is 1. The molecule has 0 saturated carbocycles. The third-order valence-corrected chi connectivity index (χ3v) is 6.06. The first-order valence-corrected chi connectivity index (χ1v) is 9.21. The van der Waals surface area contributed by atoms with E-state index in [-0.39, 0.29) is 11.9 Å². The number of carbonyl (C=O) groups is 1. The van der Waals surface area contributed by atoms with Gasteiger partial charge >= 0.3 is 0 Å². The number of benzene rings is 2. The molecule has 25 heavy (non-hydrogen) atoms. The van der Waals surface area contributed by atoms with Crippen LogP contribution in [0.1, 0.15) is 6.92 Å². The predicted molar refractivity (Wildman–Crippen MR) is 101 cm³/mol. The van der Waals surface area contributed by atoms with Crippen LogP contribution < -0.4 is 5.32 Å². The van der Waals surface area contributed by atoms with Crippen molar-refractivity contribution in [3.63, 3.8) is 0 Å². The quantitative estimate of drug-likeness (QED) is 0.871. The molecule has 4 nitrogen and oxygen atoms in total. The smallest absolute Gasteiger partial charge is 0.282 e. The molecule has 1 N–H and O–H groups in total. The summed E-state index contributed by atoms with van der Waals surface area (Å²) in [6, 6.07) is 18.3. The topological polar surface area (TPSA) is 32.3 Å². The van der Waals surface area contributed by atoms with Gasteiger partial charge in [0.2, 0.25) is 0 Å². The largest absolute Gasteiger partial charge is 0.320 e. The monoisotopic (exact) mass is 336 g/mol. The summed E-state index contributed by atoms with van der Waals surface area (Å²) in [6.45, 7) is 8.74. The maximum absolute atomic E-state index is 13.0. The highest BCUT2D eigenvalue weighted by molar-refractivity contribution is 5.97. The van der Waals surface area contributed by atoms with Crippen LogP contribution in [0.2, 0.25) is 0 Å². The van der Waals surface area contributed by atoms with Crippen LogP contribution in [0.15, 0.2) is 54.6 Å². The molecule has 2 bridgehead atoms. The number of nitrogens with one attached hydrogen (secondary N) is 1. The number of para-hydroxylation sites is 1. The van der Waals surface area contributed by atoms with Crippen molar-refractivity contribution in [3.05, 3.63) is 54.6 Å². The van der Waals surface area contributed by atoms with Crippen molar-refractivity contribution < 1.29 is 9.28 Å². The van der Waals surface area contributed by atoms with E-state index in [0.717, 1.165) is 60.6 Å². The molecule has 3 aliphatic rings. The van der Waals surface area contributed by atoms with Crippen LogP contribution in [0.25, 0.3) is 11.1 Å². The van der Waals surface area contributed by atoms with Gasteiger partial charge in [-0.05, 0) is 18.6 Å². The summed E-state index contributed by atoms with van der Waals surface area (Å²) in [7, 11) is 0. The molecule has 0 radical (unpaired) electrons. The molecule has 3 heterocycles. The van der Waals surface area contributed by atoms with Crippen molar-refractivity contribution in [1.82, 2.24) is 4.90 Å². The number of fused-ring (bicyclic) bond motifs is 3. The Hall–Kier alpha value is -2.17. The molecule has 0 aliphatic carbocycles. The second-order valence-electron chi connectivity index (χ2n) is 7.31. The fourth-order valence-electron chi connectivity index (χ4n) is 4.22. The Morgan fingerprint density at radius 3 is 2.24 bits per heavy atom. The fourth-order valence-corrected chi connectivity index (χ4v) is 4.22. The van der Waals surface area contributed by atoms with E-state index in [0.29, 0.717) is 0 Å². The van der Waals surface area contributed by atoms with Crippen LogP contribution >= 0.6 is 0 Å². The first kappa shape index (κ1) is 16.3. The highest BCUT2D eigenvalue weighted by Gasteiger charge is 2.45. The minimum atomic E-state index is -0.00807. The number of anilines is 1. The van der Waals surface area contributed by atoms with Gasteiger partial charge < -0.3 is 9.80 Å². The average molecular weight is 336 g/mol. The van der Waals surface area contributed by atoms with Crippen LogP contribution in [0.5, 0.6) is 0 Å². The zero-order chi connectivity index (χ0) is 17.3. The third kappa shape index (κ3) is 3.08. The van der Waals surface area contributed by atoms with Gasteiger partial charge in [0.15, 0.2) is 6.04 Å². The summed E-state index contributed by atoms with van der Waals surface area (Å²) in [6.07, 6.45) is 0. The van der Waals surface area contributed by atoms with Crippen molar-refractivity contribution in [2.24, 2.45) is 0 Å². The summed E-state index contributed by atoms with van der Waals surface area (Å²) in [4.78, 5) is 15.5. The minimum Gasteiger partial charge on any atom is -0.320 e. The first-order chi connectivity index (χ1) is 12.2. The normalized spacial score (nSPS) is 26.2. The maximum Gasteiger partial charge on any atom is 0.282 e. The lowest BCUT2D eigenvalue weighted by atomic mass is 10.0. The Labute approximate surface area is 149 Å². The molecule has 3 fully saturated rings. The third-order valence-electron chi connectivity index (χ3n) is 6.06. The van der Waals surface area contributed by atoms with Gasteiger partial charge in [-0.2, -0.15) is 0 Å². The van der Waals surface area contributed by atoms with E-state index in [1.807, 2.05) is 36.4 Å². The number of piperazine rings is 3. The van der Waals surface area contributed by atoms with Gasteiger partial charge in [0.1, 0.15) is 0 Å². The molecular formula is C21H26N3O+. The second-order valence-corrected chi connectivity index (χ2v) is 7.31. The van der Waals surface area contributed by atoms with E-state index < -0.39 is 0 Å². The molecular weight excluding hydrogens is 310 g/mol. The van der Waals surface area contributed by atoms with Crippen molar-refractivity contribution >= 4 is 11.6 Å². The number of quaternary nitrogens is 1. The standard InChI is InChI=1S/C21H25N3O/c1-17(24-14-11-23(12-15-24)13-16-24)21(25)22-20-10-6-5-9-19(20)18-7-3-2-4-8-18/h2-10,17H,11-16H2,1H3/p+1/t17-/m0/s1. The summed E-state index contributed by atoms with van der Waals surface area (Å²) in [5.74, 6) is 0.138. The van der Waals surface area contributed by atoms with E-state index in [1.165, 1.54) is 0 Å². The van der Waals surface area contributed by atoms with Crippen molar-refractivity contribution in [2.75, 3.05) is 44.6 Å². The van der Waals surface area contributed by atoms with E-state index in [2.05, 4.69) is 35.3 Å². The molecule has 1 atom stereocenters. The van der Waals surface area contributed by atoms with Gasteiger partial charge in [0, 0.05) is 30.9 Å². The van der Waals surface area contributed by atoms with Crippen molar-refractivity contribution in [2.45, 2.75) is 13.0 Å². The Balaban J connectivity index is 1.55. The van der Waals surface area contributed by atoms with Gasteiger partial charge in [-0.1, -0.05) is 48.5 Å².